The first-order valence-electron chi connectivity index (χ1n) is 13.4. The van der Waals surface area contributed by atoms with Gasteiger partial charge < -0.3 is 5.11 Å². The first kappa shape index (κ1) is 25.2. The zero-order chi connectivity index (χ0) is 27.3. The van der Waals surface area contributed by atoms with Gasteiger partial charge >= 0.3 is 5.97 Å². The molecule has 0 bridgehead atoms. The highest BCUT2D eigenvalue weighted by molar-refractivity contribution is 6.10. The Morgan fingerprint density at radius 3 is 2.36 bits per heavy atom. The summed E-state index contributed by atoms with van der Waals surface area (Å²) in [5, 5.41) is 27.0. The number of nitro groups is 1. The number of carbonyl (C=O) groups excluding carboxylic acids is 2. The van der Waals surface area contributed by atoms with E-state index in [1.807, 2.05) is 42.5 Å². The van der Waals surface area contributed by atoms with Crippen LogP contribution in [0.1, 0.15) is 49.3 Å². The van der Waals surface area contributed by atoms with Crippen LogP contribution in [-0.4, -0.2) is 44.3 Å². The predicted molar refractivity (Wildman–Crippen MR) is 143 cm³/mol. The molecule has 9 nitrogen and oxygen atoms in total. The second-order valence-electron chi connectivity index (χ2n) is 10.9. The van der Waals surface area contributed by atoms with E-state index in [0.717, 1.165) is 48.4 Å². The Labute approximate surface area is 225 Å². The zero-order valence-corrected chi connectivity index (χ0v) is 21.3. The second kappa shape index (κ2) is 9.57. The number of nitrogens with one attached hydrogen (secondary N) is 1. The topological polar surface area (TPSA) is 130 Å². The number of nitrogens with zero attached hydrogens (tertiary/aromatic N) is 2. The van der Waals surface area contributed by atoms with Crippen molar-refractivity contribution in [2.24, 2.45) is 11.8 Å². The van der Waals surface area contributed by atoms with Crippen molar-refractivity contribution in [1.29, 1.82) is 0 Å². The first-order valence-corrected chi connectivity index (χ1v) is 13.4. The summed E-state index contributed by atoms with van der Waals surface area (Å²) in [6.07, 6.45) is 4.26. The van der Waals surface area contributed by atoms with Gasteiger partial charge in [-0.05, 0) is 34.7 Å². The molecular weight excluding hydrogens is 498 g/mol. The average Bonchev–Trinajstić information content (AvgIpc) is 3.42. The number of amides is 2. The van der Waals surface area contributed by atoms with Gasteiger partial charge in [-0.15, -0.1) is 0 Å². The largest absolute Gasteiger partial charge is 0.480 e. The second-order valence-corrected chi connectivity index (χ2v) is 10.9. The van der Waals surface area contributed by atoms with Crippen LogP contribution in [0.2, 0.25) is 0 Å². The highest BCUT2D eigenvalue weighted by Gasteiger charge is 2.69. The van der Waals surface area contributed by atoms with Gasteiger partial charge in [0.05, 0.1) is 16.8 Å². The molecular formula is C30H29N3O6. The fourth-order valence-electron chi connectivity index (χ4n) is 7.01. The number of benzene rings is 3. The molecule has 0 spiro atoms. The Bertz CT molecular complexity index is 1480. The summed E-state index contributed by atoms with van der Waals surface area (Å²) in [5.41, 5.74) is -0.561. The minimum atomic E-state index is -1.77. The smallest absolute Gasteiger partial charge is 0.325 e. The van der Waals surface area contributed by atoms with Crippen LogP contribution >= 0.6 is 0 Å². The lowest BCUT2D eigenvalue weighted by molar-refractivity contribution is -0.384. The molecule has 0 radical (unpaired) electrons. The molecule has 2 aliphatic heterocycles. The summed E-state index contributed by atoms with van der Waals surface area (Å²) < 4.78 is 0. The van der Waals surface area contributed by atoms with Crippen LogP contribution in [-0.2, 0) is 20.8 Å². The molecule has 0 aromatic heterocycles. The minimum absolute atomic E-state index is 0.0969. The molecule has 4 unspecified atom stereocenters. The lowest BCUT2D eigenvalue weighted by Gasteiger charge is -2.34. The highest BCUT2D eigenvalue weighted by Crippen LogP contribution is 2.52. The number of carbonyl (C=O) groups is 3. The number of non-ortho nitro benzene ring substituents is 1. The number of hydrogen-bond donors (Lipinski definition) is 2. The van der Waals surface area contributed by atoms with E-state index in [2.05, 4.69) is 5.32 Å². The van der Waals surface area contributed by atoms with Gasteiger partial charge in [0.15, 0.2) is 0 Å². The molecule has 2 saturated heterocycles. The molecule has 3 aromatic carbocycles. The quantitative estimate of drug-likeness (QED) is 0.276. The number of nitro benzene ring substituents is 1. The van der Waals surface area contributed by atoms with E-state index in [4.69, 9.17) is 0 Å². The number of fused-ring (bicyclic) bond motifs is 2. The van der Waals surface area contributed by atoms with Crippen molar-refractivity contribution in [3.63, 3.8) is 0 Å². The van der Waals surface area contributed by atoms with Crippen LogP contribution < -0.4 is 5.32 Å². The SMILES string of the molecule is O=C1C2C(c3cccc4ccccc34)NC(Cc3ccc([N+](=O)[O-])cc3)(C(=O)O)C2C(=O)N1C1CCCCC1. The van der Waals surface area contributed by atoms with Gasteiger partial charge in [0.1, 0.15) is 5.54 Å². The Kier molecular flexibility index (Phi) is 6.18. The van der Waals surface area contributed by atoms with E-state index in [1.54, 1.807) is 0 Å². The summed E-state index contributed by atoms with van der Waals surface area (Å²) in [6, 6.07) is 18.2. The van der Waals surface area contributed by atoms with Gasteiger partial charge in [0, 0.05) is 30.6 Å². The Hall–Kier alpha value is -4.11. The molecule has 2 amide bonds. The molecule has 6 rings (SSSR count). The minimum Gasteiger partial charge on any atom is -0.480 e. The maximum absolute atomic E-state index is 14.1. The number of imide groups is 1. The molecule has 39 heavy (non-hydrogen) atoms. The normalized spacial score (nSPS) is 27.2. The number of likely N-dealkylation sites (tertiary alicyclic amines) is 1. The van der Waals surface area contributed by atoms with Gasteiger partial charge in [-0.1, -0.05) is 73.9 Å². The Morgan fingerprint density at radius 2 is 1.67 bits per heavy atom. The van der Waals surface area contributed by atoms with Gasteiger partial charge in [-0.25, -0.2) is 0 Å². The lowest BCUT2D eigenvalue weighted by atomic mass is 9.76. The lowest BCUT2D eigenvalue weighted by Crippen LogP contribution is -2.58. The molecule has 200 valence electrons. The van der Waals surface area contributed by atoms with E-state index in [1.165, 1.54) is 29.2 Å². The van der Waals surface area contributed by atoms with E-state index >= 15 is 0 Å². The summed E-state index contributed by atoms with van der Waals surface area (Å²) in [4.78, 5) is 53.4. The molecule has 2 N–H and O–H groups in total. The number of carboxylic acid groups (broad SMARTS) is 1. The van der Waals surface area contributed by atoms with Crippen LogP contribution in [0.4, 0.5) is 5.69 Å². The van der Waals surface area contributed by atoms with Crippen molar-refractivity contribution < 1.29 is 24.4 Å². The van der Waals surface area contributed by atoms with Crippen molar-refractivity contribution in [3.8, 4) is 0 Å². The molecule has 1 saturated carbocycles. The van der Waals surface area contributed by atoms with Crippen molar-refractivity contribution in [2.75, 3.05) is 0 Å². The maximum Gasteiger partial charge on any atom is 0.325 e. The zero-order valence-electron chi connectivity index (χ0n) is 21.3. The van der Waals surface area contributed by atoms with E-state index < -0.39 is 40.2 Å². The maximum atomic E-state index is 14.1. The van der Waals surface area contributed by atoms with E-state index in [0.29, 0.717) is 5.56 Å². The third kappa shape index (κ3) is 3.99. The number of hydrogen-bond acceptors (Lipinski definition) is 6. The number of aliphatic carboxylic acids is 1. The number of rotatable bonds is 6. The molecule has 3 aliphatic rings. The monoisotopic (exact) mass is 527 g/mol. The molecule has 3 aromatic rings. The summed E-state index contributed by atoms with van der Waals surface area (Å²) >= 11 is 0. The van der Waals surface area contributed by atoms with Gasteiger partial charge in [0.2, 0.25) is 11.8 Å². The van der Waals surface area contributed by atoms with Crippen molar-refractivity contribution in [2.45, 2.75) is 56.1 Å². The average molecular weight is 528 g/mol. The highest BCUT2D eigenvalue weighted by atomic mass is 16.6. The molecule has 3 fully saturated rings. The first-order chi connectivity index (χ1) is 18.8. The standard InChI is InChI=1S/C30H29N3O6/c34-27-24-25(28(35)32(27)20-9-2-1-3-10-20)30(29(36)37,17-18-13-15-21(16-14-18)33(38)39)31-26(24)23-12-6-8-19-7-4-5-11-22(19)23/h4-8,11-16,20,24-26,31H,1-3,9-10,17H2,(H,36,37). The summed E-state index contributed by atoms with van der Waals surface area (Å²) in [6.45, 7) is 0. The van der Waals surface area contributed by atoms with Gasteiger partial charge in [-0.2, -0.15) is 0 Å². The van der Waals surface area contributed by atoms with Crippen molar-refractivity contribution >= 4 is 34.2 Å². The van der Waals surface area contributed by atoms with Crippen LogP contribution in [0.5, 0.6) is 0 Å². The van der Waals surface area contributed by atoms with Gasteiger partial charge in [0.25, 0.3) is 5.69 Å². The van der Waals surface area contributed by atoms with E-state index in [9.17, 15) is 29.6 Å². The Balaban J connectivity index is 1.48. The predicted octanol–water partition coefficient (Wildman–Crippen LogP) is 4.39. The van der Waals surface area contributed by atoms with Crippen molar-refractivity contribution in [3.05, 3.63) is 88.0 Å². The van der Waals surface area contributed by atoms with Crippen LogP contribution in [0.25, 0.3) is 10.8 Å². The molecule has 2 heterocycles. The van der Waals surface area contributed by atoms with Crippen LogP contribution in [0.15, 0.2) is 66.7 Å². The fraction of sp³-hybridized carbons (Fsp3) is 0.367. The summed E-state index contributed by atoms with van der Waals surface area (Å²) in [7, 11) is 0. The third-order valence-electron chi connectivity index (χ3n) is 8.80. The van der Waals surface area contributed by atoms with Crippen LogP contribution in [0.3, 0.4) is 0 Å². The summed E-state index contributed by atoms with van der Waals surface area (Å²) in [5.74, 6) is -3.95. The van der Waals surface area contributed by atoms with Crippen LogP contribution in [0, 0.1) is 22.0 Å². The molecule has 1 aliphatic carbocycles. The Morgan fingerprint density at radius 1 is 0.974 bits per heavy atom. The number of carboxylic acids is 1. The van der Waals surface area contributed by atoms with Gasteiger partial charge in [-0.3, -0.25) is 34.7 Å². The molecule has 9 heteroatoms. The van der Waals surface area contributed by atoms with E-state index in [-0.39, 0.29) is 24.1 Å². The molecule has 4 atom stereocenters. The van der Waals surface area contributed by atoms with Crippen molar-refractivity contribution in [1.82, 2.24) is 10.2 Å². The fourth-order valence-corrected chi connectivity index (χ4v) is 7.01. The third-order valence-corrected chi connectivity index (χ3v) is 8.80.